The number of hydrogen-bond acceptors (Lipinski definition) is 4. The molecule has 0 bridgehead atoms. The first-order valence-electron chi connectivity index (χ1n) is 10.1. The molecule has 28 heavy (non-hydrogen) atoms. The second-order valence-electron chi connectivity index (χ2n) is 9.02. The Labute approximate surface area is 165 Å². The molecule has 148 valence electrons. The molecular weight excluding hydrogens is 354 g/mol. The molecule has 0 saturated heterocycles. The van der Waals surface area contributed by atoms with Crippen LogP contribution in [0.5, 0.6) is 0 Å². The molecule has 1 aromatic carbocycles. The molecule has 1 heterocycles. The third kappa shape index (κ3) is 2.41. The number of rotatable bonds is 2. The van der Waals surface area contributed by atoms with Crippen molar-refractivity contribution in [2.75, 3.05) is 0 Å². The molecule has 0 radical (unpaired) electrons. The molecule has 2 aliphatic carbocycles. The van der Waals surface area contributed by atoms with Crippen LogP contribution in [0, 0.1) is 22.7 Å². The lowest BCUT2D eigenvalue weighted by atomic mass is 9.47. The Balaban J connectivity index is 1.64. The van der Waals surface area contributed by atoms with E-state index < -0.39 is 23.2 Å². The minimum Gasteiger partial charge on any atom is -0.329 e. The maximum atomic E-state index is 13.4. The molecule has 4 atom stereocenters. The Bertz CT molecular complexity index is 855. The monoisotopic (exact) mass is 381 g/mol. The van der Waals surface area contributed by atoms with Crippen molar-refractivity contribution in [1.82, 2.24) is 5.06 Å². The van der Waals surface area contributed by atoms with Crippen LogP contribution in [-0.4, -0.2) is 22.8 Å². The van der Waals surface area contributed by atoms with Crippen LogP contribution < -0.4 is 0 Å². The number of carbonyl (C=O) groups excluding carboxylic acids is 3. The molecule has 0 spiro atoms. The van der Waals surface area contributed by atoms with Crippen LogP contribution in [0.3, 0.4) is 0 Å². The van der Waals surface area contributed by atoms with Gasteiger partial charge in [-0.1, -0.05) is 43.2 Å². The Hall–Kier alpha value is -2.43. The number of fused-ring (bicyclic) bond motifs is 2. The third-order valence-corrected chi connectivity index (χ3v) is 7.76. The molecule has 0 N–H and O–H groups in total. The summed E-state index contributed by atoms with van der Waals surface area (Å²) in [5, 5.41) is 0.647. The first kappa shape index (κ1) is 18.9. The van der Waals surface area contributed by atoms with Crippen LogP contribution >= 0.6 is 0 Å². The van der Waals surface area contributed by atoms with E-state index in [9.17, 15) is 14.4 Å². The topological polar surface area (TPSA) is 63.7 Å². The average molecular weight is 381 g/mol. The SMILES string of the molecule is C=C1CCC[C@@H]2[C@](C)(C(=O)ON3C(=O)c4ccccc4C3=O)[C@H](C)CC[C@@]12C. The van der Waals surface area contributed by atoms with Gasteiger partial charge >= 0.3 is 5.97 Å². The Morgan fingerprint density at radius 2 is 1.75 bits per heavy atom. The highest BCUT2D eigenvalue weighted by atomic mass is 16.7. The first-order chi connectivity index (χ1) is 13.2. The van der Waals surface area contributed by atoms with Crippen molar-refractivity contribution in [3.05, 3.63) is 47.5 Å². The molecule has 2 amide bonds. The molecule has 0 aromatic heterocycles. The van der Waals surface area contributed by atoms with Crippen LogP contribution in [0.25, 0.3) is 0 Å². The van der Waals surface area contributed by atoms with Gasteiger partial charge in [0.15, 0.2) is 0 Å². The fourth-order valence-electron chi connectivity index (χ4n) is 5.62. The summed E-state index contributed by atoms with van der Waals surface area (Å²) in [5.41, 5.74) is 0.873. The van der Waals surface area contributed by atoms with Crippen molar-refractivity contribution < 1.29 is 19.2 Å². The Morgan fingerprint density at radius 1 is 1.14 bits per heavy atom. The lowest BCUT2D eigenvalue weighted by Crippen LogP contribution is -2.55. The normalized spacial score (nSPS) is 34.8. The van der Waals surface area contributed by atoms with Gasteiger partial charge in [-0.3, -0.25) is 9.59 Å². The van der Waals surface area contributed by atoms with Gasteiger partial charge in [0.05, 0.1) is 16.5 Å². The number of imide groups is 1. The van der Waals surface area contributed by atoms with Crippen molar-refractivity contribution in [3.63, 3.8) is 0 Å². The summed E-state index contributed by atoms with van der Waals surface area (Å²) in [6.07, 6.45) is 4.81. The van der Waals surface area contributed by atoms with Crippen LogP contribution in [0.4, 0.5) is 0 Å². The molecular formula is C23H27NO4. The number of hydroxylamine groups is 2. The largest absolute Gasteiger partial charge is 0.339 e. The van der Waals surface area contributed by atoms with Gasteiger partial charge in [-0.25, -0.2) is 4.79 Å². The van der Waals surface area contributed by atoms with Gasteiger partial charge in [0.2, 0.25) is 0 Å². The highest BCUT2D eigenvalue weighted by Gasteiger charge is 2.59. The molecule has 2 fully saturated rings. The van der Waals surface area contributed by atoms with E-state index in [1.807, 2.05) is 6.92 Å². The summed E-state index contributed by atoms with van der Waals surface area (Å²) >= 11 is 0. The summed E-state index contributed by atoms with van der Waals surface area (Å²) in [5.74, 6) is -1.44. The minimum absolute atomic E-state index is 0.0904. The summed E-state index contributed by atoms with van der Waals surface area (Å²) in [4.78, 5) is 44.2. The second kappa shape index (κ2) is 6.29. The van der Waals surface area contributed by atoms with E-state index in [0.29, 0.717) is 5.06 Å². The van der Waals surface area contributed by atoms with E-state index in [0.717, 1.165) is 32.1 Å². The van der Waals surface area contributed by atoms with Gasteiger partial charge < -0.3 is 4.84 Å². The zero-order chi connectivity index (χ0) is 20.3. The van der Waals surface area contributed by atoms with Crippen LogP contribution in [0.1, 0.15) is 73.6 Å². The molecule has 1 aromatic rings. The number of amides is 2. The fraction of sp³-hybridized carbons (Fsp3) is 0.522. The molecule has 1 aliphatic heterocycles. The zero-order valence-electron chi connectivity index (χ0n) is 16.8. The highest BCUT2D eigenvalue weighted by Crippen LogP contribution is 2.61. The standard InChI is InChI=1S/C23H27NO4/c1-14-8-7-11-18-22(14,3)13-12-15(2)23(18,4)21(27)28-24-19(25)16-9-5-6-10-17(16)20(24)26/h5-6,9-10,15,18H,1,7-8,11-13H2,2-4H3/t15-,18+,22+,23-/m1/s1. The Morgan fingerprint density at radius 3 is 2.36 bits per heavy atom. The van der Waals surface area contributed by atoms with Crippen molar-refractivity contribution >= 4 is 17.8 Å². The average Bonchev–Trinajstić information content (AvgIpc) is 2.92. The molecule has 4 rings (SSSR count). The lowest BCUT2D eigenvalue weighted by molar-refractivity contribution is -0.196. The molecule has 5 nitrogen and oxygen atoms in total. The third-order valence-electron chi connectivity index (χ3n) is 7.76. The predicted molar refractivity (Wildman–Crippen MR) is 104 cm³/mol. The minimum atomic E-state index is -0.772. The molecule has 0 unspecified atom stereocenters. The van der Waals surface area contributed by atoms with Gasteiger partial charge in [-0.05, 0) is 68.4 Å². The smallest absolute Gasteiger partial charge is 0.329 e. The van der Waals surface area contributed by atoms with Crippen LogP contribution in [0.15, 0.2) is 36.4 Å². The zero-order valence-corrected chi connectivity index (χ0v) is 16.8. The number of nitrogens with zero attached hydrogens (tertiary/aromatic N) is 1. The van der Waals surface area contributed by atoms with Gasteiger partial charge in [0.1, 0.15) is 0 Å². The number of benzene rings is 1. The van der Waals surface area contributed by atoms with E-state index >= 15 is 0 Å². The highest BCUT2D eigenvalue weighted by molar-refractivity contribution is 6.20. The molecule has 5 heteroatoms. The number of hydrogen-bond donors (Lipinski definition) is 0. The van der Waals surface area contributed by atoms with Crippen molar-refractivity contribution in [3.8, 4) is 0 Å². The van der Waals surface area contributed by atoms with Crippen molar-refractivity contribution in [1.29, 1.82) is 0 Å². The predicted octanol–water partition coefficient (Wildman–Crippen LogP) is 4.54. The lowest BCUT2D eigenvalue weighted by Gasteiger charge is -2.56. The summed E-state index contributed by atoms with van der Waals surface area (Å²) in [6.45, 7) is 10.5. The number of carbonyl (C=O) groups is 3. The first-order valence-corrected chi connectivity index (χ1v) is 10.1. The van der Waals surface area contributed by atoms with E-state index in [1.54, 1.807) is 24.3 Å². The fourth-order valence-corrected chi connectivity index (χ4v) is 5.62. The van der Waals surface area contributed by atoms with Crippen molar-refractivity contribution in [2.45, 2.75) is 52.9 Å². The van der Waals surface area contributed by atoms with Crippen LogP contribution in [0.2, 0.25) is 0 Å². The maximum Gasteiger partial charge on any atom is 0.339 e. The summed E-state index contributed by atoms with van der Waals surface area (Å²) in [7, 11) is 0. The quantitative estimate of drug-likeness (QED) is 0.557. The summed E-state index contributed by atoms with van der Waals surface area (Å²) in [6, 6.07) is 6.55. The van der Waals surface area contributed by atoms with Gasteiger partial charge in [-0.2, -0.15) is 0 Å². The second-order valence-corrected chi connectivity index (χ2v) is 9.02. The van der Waals surface area contributed by atoms with Crippen LogP contribution in [-0.2, 0) is 9.63 Å². The maximum absolute atomic E-state index is 13.4. The summed E-state index contributed by atoms with van der Waals surface area (Å²) < 4.78 is 0. The molecule has 3 aliphatic rings. The van der Waals surface area contributed by atoms with Gasteiger partial charge in [0.25, 0.3) is 11.8 Å². The van der Waals surface area contributed by atoms with E-state index in [1.165, 1.54) is 5.57 Å². The molecule has 2 saturated carbocycles. The van der Waals surface area contributed by atoms with Gasteiger partial charge in [-0.15, -0.1) is 0 Å². The van der Waals surface area contributed by atoms with E-state index in [-0.39, 0.29) is 28.4 Å². The van der Waals surface area contributed by atoms with Crippen molar-refractivity contribution in [2.24, 2.45) is 22.7 Å². The number of allylic oxidation sites excluding steroid dienone is 1. The Kier molecular flexibility index (Phi) is 4.25. The van der Waals surface area contributed by atoms with Gasteiger partial charge in [0, 0.05) is 0 Å². The van der Waals surface area contributed by atoms with E-state index in [2.05, 4.69) is 20.4 Å². The van der Waals surface area contributed by atoms with E-state index in [4.69, 9.17) is 4.84 Å².